The molecule has 0 aliphatic rings. The van der Waals surface area contributed by atoms with Crippen molar-refractivity contribution >= 4 is 29.4 Å². The van der Waals surface area contributed by atoms with Crippen LogP contribution in [0.15, 0.2) is 43.0 Å². The van der Waals surface area contributed by atoms with E-state index in [9.17, 15) is 4.79 Å². The van der Waals surface area contributed by atoms with Gasteiger partial charge in [-0.3, -0.25) is 0 Å². The molecule has 0 spiro atoms. The first-order chi connectivity index (χ1) is 13.6. The Labute approximate surface area is 177 Å². The Morgan fingerprint density at radius 3 is 2.43 bits per heavy atom. The van der Waals surface area contributed by atoms with Crippen LogP contribution in [0, 0.1) is 0 Å². The standard InChI is InChI=1S/C21H28Cl2N2O3/c1-2-3-4-5-6-7-8-15-27-21(26)28-19(17-9-11-18(22)12-10-17)20(23)25-14-13-24-16-25/h9-14,16,19-20H,2-8,15H2,1H3. The van der Waals surface area contributed by atoms with Crippen molar-refractivity contribution in [2.45, 2.75) is 63.5 Å². The van der Waals surface area contributed by atoms with Crippen LogP contribution in [-0.4, -0.2) is 22.3 Å². The average Bonchev–Trinajstić information content (AvgIpc) is 3.23. The predicted molar refractivity (Wildman–Crippen MR) is 112 cm³/mol. The molecule has 2 rings (SSSR count). The number of alkyl halides is 1. The van der Waals surface area contributed by atoms with Gasteiger partial charge in [-0.25, -0.2) is 9.78 Å². The fraction of sp³-hybridized carbons (Fsp3) is 0.524. The molecule has 2 aromatic rings. The molecule has 1 aromatic carbocycles. The third kappa shape index (κ3) is 7.72. The number of hydrogen-bond acceptors (Lipinski definition) is 4. The summed E-state index contributed by atoms with van der Waals surface area (Å²) in [6, 6.07) is 7.02. The van der Waals surface area contributed by atoms with Gasteiger partial charge < -0.3 is 14.0 Å². The molecule has 0 bridgehead atoms. The maximum Gasteiger partial charge on any atom is 0.509 e. The van der Waals surface area contributed by atoms with E-state index >= 15 is 0 Å². The van der Waals surface area contributed by atoms with Gasteiger partial charge in [0, 0.05) is 17.4 Å². The van der Waals surface area contributed by atoms with E-state index in [2.05, 4.69) is 11.9 Å². The highest BCUT2D eigenvalue weighted by Gasteiger charge is 2.27. The van der Waals surface area contributed by atoms with E-state index in [0.29, 0.717) is 11.6 Å². The number of nitrogens with zero attached hydrogens (tertiary/aromatic N) is 2. The van der Waals surface area contributed by atoms with Crippen LogP contribution in [0.5, 0.6) is 0 Å². The van der Waals surface area contributed by atoms with Gasteiger partial charge in [0.2, 0.25) is 0 Å². The molecule has 2 unspecified atom stereocenters. The van der Waals surface area contributed by atoms with Gasteiger partial charge in [-0.2, -0.15) is 0 Å². The Kier molecular flexibility index (Phi) is 10.2. The number of carbonyl (C=O) groups is 1. The average molecular weight is 427 g/mol. The van der Waals surface area contributed by atoms with Crippen molar-refractivity contribution in [2.75, 3.05) is 6.61 Å². The van der Waals surface area contributed by atoms with Crippen LogP contribution in [-0.2, 0) is 9.47 Å². The maximum atomic E-state index is 12.2. The molecule has 1 aromatic heterocycles. The monoisotopic (exact) mass is 426 g/mol. The van der Waals surface area contributed by atoms with Gasteiger partial charge in [-0.15, -0.1) is 0 Å². The molecule has 1 heterocycles. The molecule has 7 heteroatoms. The van der Waals surface area contributed by atoms with E-state index in [1.807, 2.05) is 0 Å². The Hall–Kier alpha value is -1.72. The fourth-order valence-electron chi connectivity index (χ4n) is 2.86. The van der Waals surface area contributed by atoms with Crippen molar-refractivity contribution < 1.29 is 14.3 Å². The van der Waals surface area contributed by atoms with Crippen LogP contribution in [0.1, 0.15) is 69.0 Å². The highest BCUT2D eigenvalue weighted by Crippen LogP contribution is 2.34. The Morgan fingerprint density at radius 2 is 1.79 bits per heavy atom. The Bertz CT molecular complexity index is 677. The summed E-state index contributed by atoms with van der Waals surface area (Å²) < 4.78 is 12.5. The van der Waals surface area contributed by atoms with Crippen LogP contribution < -0.4 is 0 Å². The lowest BCUT2D eigenvalue weighted by Crippen LogP contribution is -2.20. The zero-order valence-electron chi connectivity index (χ0n) is 16.2. The van der Waals surface area contributed by atoms with Gasteiger partial charge in [-0.1, -0.05) is 80.8 Å². The van der Waals surface area contributed by atoms with Crippen LogP contribution in [0.4, 0.5) is 4.79 Å². The topological polar surface area (TPSA) is 53.4 Å². The second-order valence-corrected chi connectivity index (χ2v) is 7.58. The molecule has 0 fully saturated rings. The molecule has 0 amide bonds. The highest BCUT2D eigenvalue weighted by molar-refractivity contribution is 6.30. The first-order valence-electron chi connectivity index (χ1n) is 9.82. The number of unbranched alkanes of at least 4 members (excludes halogenated alkanes) is 6. The summed E-state index contributed by atoms with van der Waals surface area (Å²) in [7, 11) is 0. The quantitative estimate of drug-likeness (QED) is 0.210. The van der Waals surface area contributed by atoms with Crippen LogP contribution in [0.3, 0.4) is 0 Å². The number of halogens is 2. The minimum atomic E-state index is -0.727. The van der Waals surface area contributed by atoms with E-state index in [4.69, 9.17) is 32.7 Å². The van der Waals surface area contributed by atoms with Gasteiger partial charge in [-0.05, 0) is 24.1 Å². The van der Waals surface area contributed by atoms with Gasteiger partial charge >= 0.3 is 6.16 Å². The molecular weight excluding hydrogens is 399 g/mol. The summed E-state index contributed by atoms with van der Waals surface area (Å²) >= 11 is 12.5. The molecule has 0 N–H and O–H groups in total. The van der Waals surface area contributed by atoms with Crippen molar-refractivity contribution in [3.8, 4) is 0 Å². The normalized spacial score (nSPS) is 13.1. The minimum Gasteiger partial charge on any atom is -0.434 e. The number of benzene rings is 1. The number of rotatable bonds is 12. The summed E-state index contributed by atoms with van der Waals surface area (Å²) in [5.74, 6) is 0. The first-order valence-corrected chi connectivity index (χ1v) is 10.6. The zero-order chi connectivity index (χ0) is 20.2. The van der Waals surface area contributed by atoms with E-state index in [-0.39, 0.29) is 0 Å². The SMILES string of the molecule is CCCCCCCCCOC(=O)OC(c1ccc(Cl)cc1)C(Cl)n1ccnc1. The van der Waals surface area contributed by atoms with Crippen molar-refractivity contribution in [2.24, 2.45) is 0 Å². The second kappa shape index (κ2) is 12.7. The summed E-state index contributed by atoms with van der Waals surface area (Å²) in [5, 5.41) is 0.595. The number of ether oxygens (including phenoxy) is 2. The molecule has 0 saturated heterocycles. The number of imidazole rings is 1. The maximum absolute atomic E-state index is 12.2. The summed E-state index contributed by atoms with van der Waals surface area (Å²) in [5.41, 5.74) is 0.0702. The lowest BCUT2D eigenvalue weighted by molar-refractivity contribution is 0.0138. The third-order valence-corrected chi connectivity index (χ3v) is 5.16. The third-order valence-electron chi connectivity index (χ3n) is 4.45. The van der Waals surface area contributed by atoms with Crippen LogP contribution in [0.25, 0.3) is 0 Å². The molecule has 0 saturated carbocycles. The predicted octanol–water partition coefficient (Wildman–Crippen LogP) is 6.92. The van der Waals surface area contributed by atoms with Gasteiger partial charge in [0.25, 0.3) is 0 Å². The molecule has 28 heavy (non-hydrogen) atoms. The number of carbonyl (C=O) groups excluding carboxylic acids is 1. The van der Waals surface area contributed by atoms with Crippen LogP contribution >= 0.6 is 23.2 Å². The summed E-state index contributed by atoms with van der Waals surface area (Å²) in [4.78, 5) is 16.2. The molecular formula is C21H28Cl2N2O3. The highest BCUT2D eigenvalue weighted by atomic mass is 35.5. The molecule has 154 valence electrons. The van der Waals surface area contributed by atoms with Gasteiger partial charge in [0.1, 0.15) is 0 Å². The Morgan fingerprint density at radius 1 is 1.11 bits per heavy atom. The van der Waals surface area contributed by atoms with Crippen LogP contribution in [0.2, 0.25) is 5.02 Å². The van der Waals surface area contributed by atoms with Gasteiger partial charge in [0.05, 0.1) is 12.9 Å². The van der Waals surface area contributed by atoms with Crippen molar-refractivity contribution in [3.63, 3.8) is 0 Å². The summed E-state index contributed by atoms with van der Waals surface area (Å²) in [6.45, 7) is 2.55. The molecule has 5 nitrogen and oxygen atoms in total. The van der Waals surface area contributed by atoms with E-state index in [0.717, 1.165) is 24.8 Å². The minimum absolute atomic E-state index is 0.345. The fourth-order valence-corrected chi connectivity index (χ4v) is 3.30. The van der Waals surface area contributed by atoms with Crippen molar-refractivity contribution in [1.82, 2.24) is 9.55 Å². The molecule has 0 aliphatic heterocycles. The largest absolute Gasteiger partial charge is 0.509 e. The number of hydrogen-bond donors (Lipinski definition) is 0. The molecule has 2 atom stereocenters. The second-order valence-electron chi connectivity index (χ2n) is 6.69. The number of aromatic nitrogens is 2. The lowest BCUT2D eigenvalue weighted by atomic mass is 10.1. The molecule has 0 aliphatic carbocycles. The Balaban J connectivity index is 1.84. The lowest BCUT2D eigenvalue weighted by Gasteiger charge is -2.23. The van der Waals surface area contributed by atoms with Gasteiger partial charge in [0.15, 0.2) is 11.6 Å². The van der Waals surface area contributed by atoms with E-state index in [1.165, 1.54) is 25.7 Å². The molecule has 0 radical (unpaired) electrons. The van der Waals surface area contributed by atoms with E-state index in [1.54, 1.807) is 47.6 Å². The zero-order valence-corrected chi connectivity index (χ0v) is 17.7. The van der Waals surface area contributed by atoms with Crippen molar-refractivity contribution in [3.05, 3.63) is 53.6 Å². The smallest absolute Gasteiger partial charge is 0.434 e. The first kappa shape index (κ1) is 22.6. The van der Waals surface area contributed by atoms with E-state index < -0.39 is 17.8 Å². The summed E-state index contributed by atoms with van der Waals surface area (Å²) in [6.07, 6.45) is 11.5. The van der Waals surface area contributed by atoms with Crippen molar-refractivity contribution in [1.29, 1.82) is 0 Å².